The van der Waals surface area contributed by atoms with E-state index in [-0.39, 0.29) is 0 Å². The molecule has 3 aromatic rings. The number of thiazole rings is 1. The molecule has 0 radical (unpaired) electrons. The first kappa shape index (κ1) is 11.4. The minimum Gasteiger partial charge on any atom is -0.242 e. The molecule has 90 valence electrons. The molecule has 0 N–H and O–H groups in total. The van der Waals surface area contributed by atoms with Gasteiger partial charge < -0.3 is 0 Å². The number of fused-ring (bicyclic) bond motifs is 1. The van der Waals surface area contributed by atoms with Crippen molar-refractivity contribution in [3.8, 4) is 0 Å². The van der Waals surface area contributed by atoms with Gasteiger partial charge in [-0.15, -0.1) is 11.3 Å². The molecule has 3 heteroatoms. The van der Waals surface area contributed by atoms with E-state index in [9.17, 15) is 0 Å². The molecule has 0 amide bonds. The molecule has 0 aliphatic rings. The van der Waals surface area contributed by atoms with Gasteiger partial charge in [-0.05, 0) is 24.6 Å². The molecule has 0 aliphatic carbocycles. The second kappa shape index (κ2) is 4.86. The van der Waals surface area contributed by atoms with Crippen LogP contribution in [0.5, 0.6) is 0 Å². The third-order valence-corrected chi connectivity index (χ3v) is 3.95. The van der Waals surface area contributed by atoms with Gasteiger partial charge in [-0.1, -0.05) is 12.1 Å². The Morgan fingerprint density at radius 3 is 2.83 bits per heavy atom. The molecule has 0 atom stereocenters. The van der Waals surface area contributed by atoms with E-state index in [1.807, 2.05) is 6.07 Å². The molecule has 0 fully saturated rings. The van der Waals surface area contributed by atoms with Crippen LogP contribution in [0.25, 0.3) is 10.2 Å². The van der Waals surface area contributed by atoms with Gasteiger partial charge in [-0.2, -0.15) is 0 Å². The molecule has 0 saturated carbocycles. The van der Waals surface area contributed by atoms with Crippen molar-refractivity contribution in [3.63, 3.8) is 0 Å². The van der Waals surface area contributed by atoms with Crippen LogP contribution in [-0.2, 0) is 13.0 Å². The zero-order valence-electron chi connectivity index (χ0n) is 10.3. The fourth-order valence-corrected chi connectivity index (χ4v) is 2.89. The van der Waals surface area contributed by atoms with E-state index in [1.165, 1.54) is 10.3 Å². The number of rotatable bonds is 3. The summed E-state index contributed by atoms with van der Waals surface area (Å²) in [5, 5.41) is 1.14. The summed E-state index contributed by atoms with van der Waals surface area (Å²) < 4.78 is 3.49. The largest absolute Gasteiger partial charge is 0.242 e. The molecule has 0 saturated heterocycles. The molecule has 2 aromatic heterocycles. The van der Waals surface area contributed by atoms with E-state index in [2.05, 4.69) is 59.2 Å². The predicted octanol–water partition coefficient (Wildman–Crippen LogP) is 3.13. The number of pyridine rings is 1. The first-order valence-corrected chi connectivity index (χ1v) is 6.93. The summed E-state index contributed by atoms with van der Waals surface area (Å²) in [7, 11) is 0. The monoisotopic (exact) mass is 255 g/mol. The van der Waals surface area contributed by atoms with Crippen LogP contribution in [0.2, 0.25) is 0 Å². The summed E-state index contributed by atoms with van der Waals surface area (Å²) in [6.45, 7) is 3.07. The Labute approximate surface area is 111 Å². The third-order valence-electron chi connectivity index (χ3n) is 2.99. The second-order valence-corrected chi connectivity index (χ2v) is 5.63. The van der Waals surface area contributed by atoms with Crippen molar-refractivity contribution in [1.82, 2.24) is 4.98 Å². The molecule has 0 bridgehead atoms. The highest BCUT2D eigenvalue weighted by molar-refractivity contribution is 7.18. The van der Waals surface area contributed by atoms with Crippen LogP contribution in [-0.4, -0.2) is 4.98 Å². The smallest absolute Gasteiger partial charge is 0.168 e. The fraction of sp³-hybridized carbons (Fsp3) is 0.200. The van der Waals surface area contributed by atoms with Crippen molar-refractivity contribution < 1.29 is 4.57 Å². The number of aromatic nitrogens is 2. The molecule has 0 spiro atoms. The zero-order chi connectivity index (χ0) is 12.4. The third kappa shape index (κ3) is 2.41. The number of aryl methyl sites for hydroxylation is 3. The van der Waals surface area contributed by atoms with Crippen LogP contribution in [0, 0.1) is 6.92 Å². The SMILES string of the molecule is Cc1nc2cc(CC[n+]3ccccc3)ccc2s1. The van der Waals surface area contributed by atoms with E-state index in [1.54, 1.807) is 11.3 Å². The van der Waals surface area contributed by atoms with Crippen molar-refractivity contribution in [2.75, 3.05) is 0 Å². The maximum Gasteiger partial charge on any atom is 0.168 e. The lowest BCUT2D eigenvalue weighted by molar-refractivity contribution is -0.696. The Morgan fingerprint density at radius 1 is 1.17 bits per heavy atom. The lowest BCUT2D eigenvalue weighted by atomic mass is 10.1. The molecule has 18 heavy (non-hydrogen) atoms. The summed E-state index contributed by atoms with van der Waals surface area (Å²) in [5.74, 6) is 0. The number of benzene rings is 1. The van der Waals surface area contributed by atoms with Gasteiger partial charge in [0, 0.05) is 18.6 Å². The highest BCUT2D eigenvalue weighted by atomic mass is 32.1. The summed E-state index contributed by atoms with van der Waals surface area (Å²) >= 11 is 1.76. The molecule has 1 aromatic carbocycles. The van der Waals surface area contributed by atoms with E-state index < -0.39 is 0 Å². The topological polar surface area (TPSA) is 16.8 Å². The summed E-state index contributed by atoms with van der Waals surface area (Å²) in [6, 6.07) is 12.8. The highest BCUT2D eigenvalue weighted by Crippen LogP contribution is 2.22. The quantitative estimate of drug-likeness (QED) is 0.657. The summed E-state index contributed by atoms with van der Waals surface area (Å²) in [5.41, 5.74) is 2.48. The van der Waals surface area contributed by atoms with Crippen molar-refractivity contribution >= 4 is 21.6 Å². The second-order valence-electron chi connectivity index (χ2n) is 4.40. The normalized spacial score (nSPS) is 10.9. The maximum atomic E-state index is 4.54. The molecule has 0 aliphatic heterocycles. The number of nitrogens with zero attached hydrogens (tertiary/aromatic N) is 2. The molecule has 2 heterocycles. The lowest BCUT2D eigenvalue weighted by Crippen LogP contribution is -2.33. The van der Waals surface area contributed by atoms with Gasteiger partial charge in [-0.3, -0.25) is 0 Å². The number of hydrogen-bond donors (Lipinski definition) is 0. The van der Waals surface area contributed by atoms with Crippen LogP contribution in [0.15, 0.2) is 48.8 Å². The molecule has 0 unspecified atom stereocenters. The first-order chi connectivity index (χ1) is 8.81. The van der Waals surface area contributed by atoms with Crippen LogP contribution in [0.3, 0.4) is 0 Å². The minimum atomic E-state index is 1.01. The van der Waals surface area contributed by atoms with Gasteiger partial charge >= 0.3 is 0 Å². The molecular weight excluding hydrogens is 240 g/mol. The van der Waals surface area contributed by atoms with E-state index >= 15 is 0 Å². The lowest BCUT2D eigenvalue weighted by Gasteiger charge is -1.98. The van der Waals surface area contributed by atoms with Gasteiger partial charge in [-0.25, -0.2) is 9.55 Å². The number of hydrogen-bond acceptors (Lipinski definition) is 2. The highest BCUT2D eigenvalue weighted by Gasteiger charge is 2.04. The van der Waals surface area contributed by atoms with Gasteiger partial charge in [0.2, 0.25) is 0 Å². The summed E-state index contributed by atoms with van der Waals surface area (Å²) in [4.78, 5) is 4.54. The van der Waals surface area contributed by atoms with Crippen LogP contribution >= 0.6 is 11.3 Å². The minimum absolute atomic E-state index is 1.01. The van der Waals surface area contributed by atoms with Crippen LogP contribution < -0.4 is 4.57 Å². The van der Waals surface area contributed by atoms with E-state index in [4.69, 9.17) is 0 Å². The molecule has 3 rings (SSSR count). The predicted molar refractivity (Wildman–Crippen MR) is 74.7 cm³/mol. The standard InChI is InChI=1S/C15H15N2S/c1-12-16-14-11-13(5-6-15(14)18-12)7-10-17-8-3-2-4-9-17/h2-6,8-9,11H,7,10H2,1H3/q+1. The van der Waals surface area contributed by atoms with E-state index in [0.29, 0.717) is 0 Å². The maximum absolute atomic E-state index is 4.54. The average molecular weight is 255 g/mol. The Bertz CT molecular complexity index is 659. The Morgan fingerprint density at radius 2 is 2.00 bits per heavy atom. The van der Waals surface area contributed by atoms with Crippen molar-refractivity contribution in [3.05, 3.63) is 59.4 Å². The molecule has 2 nitrogen and oxygen atoms in total. The Kier molecular flexibility index (Phi) is 3.07. The van der Waals surface area contributed by atoms with Crippen molar-refractivity contribution in [2.45, 2.75) is 19.9 Å². The Hall–Kier alpha value is -1.74. The summed E-state index contributed by atoms with van der Waals surface area (Å²) in [6.07, 6.45) is 5.25. The van der Waals surface area contributed by atoms with E-state index in [0.717, 1.165) is 23.5 Å². The average Bonchev–Trinajstić information content (AvgIpc) is 2.77. The molecular formula is C15H15N2S+. The van der Waals surface area contributed by atoms with Gasteiger partial charge in [0.25, 0.3) is 0 Å². The van der Waals surface area contributed by atoms with Gasteiger partial charge in [0.15, 0.2) is 18.9 Å². The van der Waals surface area contributed by atoms with Gasteiger partial charge in [0.1, 0.15) is 0 Å². The fourth-order valence-electron chi connectivity index (χ4n) is 2.09. The zero-order valence-corrected chi connectivity index (χ0v) is 11.2. The van der Waals surface area contributed by atoms with Gasteiger partial charge in [0.05, 0.1) is 15.2 Å². The first-order valence-electron chi connectivity index (χ1n) is 6.11. The Balaban J connectivity index is 1.78. The van der Waals surface area contributed by atoms with Crippen molar-refractivity contribution in [2.24, 2.45) is 0 Å². The van der Waals surface area contributed by atoms with Crippen LogP contribution in [0.4, 0.5) is 0 Å². The van der Waals surface area contributed by atoms with Crippen LogP contribution in [0.1, 0.15) is 10.6 Å². The van der Waals surface area contributed by atoms with Crippen molar-refractivity contribution in [1.29, 1.82) is 0 Å².